The van der Waals surface area contributed by atoms with Crippen LogP contribution in [0.3, 0.4) is 0 Å². The number of aliphatic imine (C=N–C) groups is 2. The number of para-hydroxylation sites is 1. The number of hydrogen-bond donors (Lipinski definition) is 2. The van der Waals surface area contributed by atoms with E-state index < -0.39 is 5.91 Å². The van der Waals surface area contributed by atoms with Crippen molar-refractivity contribution in [1.29, 1.82) is 0 Å². The van der Waals surface area contributed by atoms with Gasteiger partial charge < -0.3 is 0 Å². The normalized spacial score (nSPS) is 13.6. The number of fused-ring (bicyclic) bond motifs is 1. The number of carbonyl (C=O) groups is 1. The molecule has 0 saturated heterocycles. The van der Waals surface area contributed by atoms with Gasteiger partial charge in [-0.25, -0.2) is 10.8 Å². The van der Waals surface area contributed by atoms with E-state index in [-0.39, 0.29) is 6.54 Å². The summed E-state index contributed by atoms with van der Waals surface area (Å²) in [5, 5.41) is 0. The number of rotatable bonds is 2. The molecule has 3 rings (SSSR count). The maximum atomic E-state index is 11.7. The zero-order valence-corrected chi connectivity index (χ0v) is 11.3. The Labute approximate surface area is 122 Å². The van der Waals surface area contributed by atoms with Crippen molar-refractivity contribution in [3.63, 3.8) is 0 Å². The molecule has 1 aliphatic heterocycles. The minimum absolute atomic E-state index is 0.196. The van der Waals surface area contributed by atoms with E-state index >= 15 is 0 Å². The molecule has 1 aliphatic rings. The van der Waals surface area contributed by atoms with E-state index in [0.717, 1.165) is 22.5 Å². The summed E-state index contributed by atoms with van der Waals surface area (Å²) in [5.41, 5.74) is 5.86. The van der Waals surface area contributed by atoms with Crippen LogP contribution in [0.5, 0.6) is 0 Å². The van der Waals surface area contributed by atoms with Crippen molar-refractivity contribution < 1.29 is 4.79 Å². The van der Waals surface area contributed by atoms with Crippen LogP contribution in [0, 0.1) is 0 Å². The fourth-order valence-corrected chi connectivity index (χ4v) is 2.24. The number of hydrogen-bond acceptors (Lipinski definition) is 4. The van der Waals surface area contributed by atoms with Crippen molar-refractivity contribution in [1.82, 2.24) is 5.43 Å². The third kappa shape index (κ3) is 2.59. The summed E-state index contributed by atoms with van der Waals surface area (Å²) in [6.07, 6.45) is 0. The molecule has 0 unspecified atom stereocenters. The zero-order valence-electron chi connectivity index (χ0n) is 11.3. The molecular formula is C16H14N4O. The molecule has 0 spiro atoms. The molecule has 0 saturated carbocycles. The highest BCUT2D eigenvalue weighted by Crippen LogP contribution is 2.25. The predicted octanol–water partition coefficient (Wildman–Crippen LogP) is 1.60. The molecule has 0 aromatic heterocycles. The van der Waals surface area contributed by atoms with Gasteiger partial charge in [0, 0.05) is 11.1 Å². The molecule has 21 heavy (non-hydrogen) atoms. The van der Waals surface area contributed by atoms with Crippen molar-refractivity contribution in [3.8, 4) is 0 Å². The molecule has 1 heterocycles. The van der Waals surface area contributed by atoms with E-state index in [2.05, 4.69) is 15.4 Å². The molecule has 2 aromatic rings. The number of carbonyl (C=O) groups excluding carboxylic acids is 1. The van der Waals surface area contributed by atoms with Gasteiger partial charge >= 0.3 is 0 Å². The molecule has 2 aromatic carbocycles. The Hall–Kier alpha value is -2.79. The summed E-state index contributed by atoms with van der Waals surface area (Å²) in [4.78, 5) is 20.7. The van der Waals surface area contributed by atoms with Crippen LogP contribution in [0.25, 0.3) is 0 Å². The number of benzene rings is 2. The van der Waals surface area contributed by atoms with Crippen molar-refractivity contribution in [2.75, 3.05) is 6.54 Å². The van der Waals surface area contributed by atoms with Crippen molar-refractivity contribution in [2.24, 2.45) is 15.8 Å². The van der Waals surface area contributed by atoms with Gasteiger partial charge in [0.1, 0.15) is 5.71 Å². The quantitative estimate of drug-likeness (QED) is 0.497. The zero-order chi connectivity index (χ0) is 14.7. The Morgan fingerprint density at radius 2 is 1.76 bits per heavy atom. The highest BCUT2D eigenvalue weighted by atomic mass is 16.2. The van der Waals surface area contributed by atoms with Gasteiger partial charge in [-0.05, 0) is 6.07 Å². The lowest BCUT2D eigenvalue weighted by atomic mass is 10.0. The first kappa shape index (κ1) is 13.2. The third-order valence-electron chi connectivity index (χ3n) is 3.24. The SMILES string of the molecule is NNC(=O)C1=Nc2ccccc2C(c2ccccc2)=NC1. The minimum atomic E-state index is -0.414. The van der Waals surface area contributed by atoms with Crippen LogP contribution in [0.4, 0.5) is 5.69 Å². The highest BCUT2D eigenvalue weighted by molar-refractivity contribution is 6.41. The van der Waals surface area contributed by atoms with E-state index in [4.69, 9.17) is 5.84 Å². The van der Waals surface area contributed by atoms with Gasteiger partial charge in [0.2, 0.25) is 0 Å². The number of hydrazine groups is 1. The van der Waals surface area contributed by atoms with Crippen LogP contribution in [-0.2, 0) is 4.79 Å². The van der Waals surface area contributed by atoms with Crippen LogP contribution in [0.1, 0.15) is 11.1 Å². The van der Waals surface area contributed by atoms with Crippen molar-refractivity contribution in [2.45, 2.75) is 0 Å². The Kier molecular flexibility index (Phi) is 3.57. The second kappa shape index (κ2) is 5.68. The van der Waals surface area contributed by atoms with Gasteiger partial charge in [0.15, 0.2) is 0 Å². The van der Waals surface area contributed by atoms with Crippen LogP contribution in [0.2, 0.25) is 0 Å². The molecule has 0 fully saturated rings. The molecule has 0 bridgehead atoms. The average molecular weight is 278 g/mol. The van der Waals surface area contributed by atoms with Crippen LogP contribution in [-0.4, -0.2) is 23.9 Å². The summed E-state index contributed by atoms with van der Waals surface area (Å²) >= 11 is 0. The average Bonchev–Trinajstić information content (AvgIpc) is 2.74. The number of nitrogens with two attached hydrogens (primary N) is 1. The maximum Gasteiger partial charge on any atom is 0.281 e. The smallest absolute Gasteiger partial charge is 0.281 e. The lowest BCUT2D eigenvalue weighted by Gasteiger charge is -2.07. The summed E-state index contributed by atoms with van der Waals surface area (Å²) < 4.78 is 0. The fraction of sp³-hybridized carbons (Fsp3) is 0.0625. The van der Waals surface area contributed by atoms with Crippen LogP contribution >= 0.6 is 0 Å². The van der Waals surface area contributed by atoms with E-state index in [0.29, 0.717) is 5.71 Å². The van der Waals surface area contributed by atoms with Crippen LogP contribution in [0.15, 0.2) is 64.6 Å². The summed E-state index contributed by atoms with van der Waals surface area (Å²) in [7, 11) is 0. The first-order valence-corrected chi connectivity index (χ1v) is 6.57. The molecular weight excluding hydrogens is 264 g/mol. The van der Waals surface area contributed by atoms with E-state index in [1.165, 1.54) is 0 Å². The Morgan fingerprint density at radius 3 is 2.52 bits per heavy atom. The van der Waals surface area contributed by atoms with Gasteiger partial charge in [-0.1, -0.05) is 48.5 Å². The van der Waals surface area contributed by atoms with Crippen molar-refractivity contribution >= 4 is 23.0 Å². The second-order valence-electron chi connectivity index (χ2n) is 4.58. The first-order valence-electron chi connectivity index (χ1n) is 6.57. The van der Waals surface area contributed by atoms with Gasteiger partial charge in [-0.3, -0.25) is 15.2 Å². The first-order chi connectivity index (χ1) is 10.3. The largest absolute Gasteiger partial charge is 0.289 e. The third-order valence-corrected chi connectivity index (χ3v) is 3.24. The Bertz CT molecular complexity index is 735. The summed E-state index contributed by atoms with van der Waals surface area (Å²) in [6, 6.07) is 17.5. The molecule has 104 valence electrons. The minimum Gasteiger partial charge on any atom is -0.289 e. The maximum absolute atomic E-state index is 11.7. The molecule has 0 aliphatic carbocycles. The number of nitrogens with one attached hydrogen (secondary N) is 1. The number of nitrogens with zero attached hydrogens (tertiary/aromatic N) is 2. The van der Waals surface area contributed by atoms with Crippen molar-refractivity contribution in [3.05, 3.63) is 65.7 Å². The summed E-state index contributed by atoms with van der Waals surface area (Å²) in [5.74, 6) is 4.78. The van der Waals surface area contributed by atoms with E-state index in [1.54, 1.807) is 0 Å². The van der Waals surface area contributed by atoms with E-state index in [1.807, 2.05) is 54.6 Å². The van der Waals surface area contributed by atoms with Gasteiger partial charge in [-0.15, -0.1) is 0 Å². The standard InChI is InChI=1S/C16H14N4O/c17-20-16(21)14-10-18-15(11-6-2-1-3-7-11)12-8-4-5-9-13(12)19-14/h1-9H,10,17H2,(H,20,21). The van der Waals surface area contributed by atoms with Gasteiger partial charge in [0.05, 0.1) is 17.9 Å². The molecule has 5 heteroatoms. The van der Waals surface area contributed by atoms with Gasteiger partial charge in [-0.2, -0.15) is 0 Å². The molecule has 0 radical (unpaired) electrons. The molecule has 5 nitrogen and oxygen atoms in total. The van der Waals surface area contributed by atoms with Crippen LogP contribution < -0.4 is 11.3 Å². The summed E-state index contributed by atoms with van der Waals surface area (Å²) in [6.45, 7) is 0.196. The van der Waals surface area contributed by atoms with E-state index in [9.17, 15) is 4.79 Å². The monoisotopic (exact) mass is 278 g/mol. The Balaban J connectivity index is 2.14. The Morgan fingerprint density at radius 1 is 1.05 bits per heavy atom. The predicted molar refractivity (Wildman–Crippen MR) is 82.8 cm³/mol. The lowest BCUT2D eigenvalue weighted by Crippen LogP contribution is -2.37. The molecule has 1 amide bonds. The highest BCUT2D eigenvalue weighted by Gasteiger charge is 2.18. The lowest BCUT2D eigenvalue weighted by molar-refractivity contribution is -0.114. The molecule has 0 atom stereocenters. The number of amides is 1. The van der Waals surface area contributed by atoms with Gasteiger partial charge in [0.25, 0.3) is 5.91 Å². The second-order valence-corrected chi connectivity index (χ2v) is 4.58. The fourth-order valence-electron chi connectivity index (χ4n) is 2.24. The topological polar surface area (TPSA) is 79.8 Å². The molecule has 3 N–H and O–H groups in total.